The number of benzene rings is 3. The van der Waals surface area contributed by atoms with E-state index in [0.717, 1.165) is 16.7 Å². The molecule has 0 unspecified atom stereocenters. The molecule has 114 valence electrons. The van der Waals surface area contributed by atoms with Crippen molar-refractivity contribution in [3.63, 3.8) is 0 Å². The summed E-state index contributed by atoms with van der Waals surface area (Å²) in [6.07, 6.45) is 3.87. The lowest BCUT2D eigenvalue weighted by Crippen LogP contribution is -1.94. The molecule has 0 saturated carbocycles. The maximum atomic E-state index is 10.1. The Hall–Kier alpha value is -3.00. The Morgan fingerprint density at radius 1 is 0.783 bits per heavy atom. The molecule has 3 aromatic carbocycles. The van der Waals surface area contributed by atoms with Gasteiger partial charge in [-0.2, -0.15) is 0 Å². The van der Waals surface area contributed by atoms with Crippen LogP contribution in [0.4, 0.5) is 0 Å². The van der Waals surface area contributed by atoms with E-state index in [1.807, 2.05) is 84.9 Å². The van der Waals surface area contributed by atoms with E-state index in [4.69, 9.17) is 4.74 Å². The third-order valence-corrected chi connectivity index (χ3v) is 3.51. The van der Waals surface area contributed by atoms with Crippen LogP contribution in [0.15, 0.2) is 78.9 Å². The summed E-state index contributed by atoms with van der Waals surface area (Å²) in [6, 6.07) is 25.3. The van der Waals surface area contributed by atoms with Gasteiger partial charge in [-0.1, -0.05) is 72.8 Å². The van der Waals surface area contributed by atoms with Crippen molar-refractivity contribution in [1.82, 2.24) is 0 Å². The second-order valence-electron chi connectivity index (χ2n) is 5.24. The fourth-order valence-electron chi connectivity index (χ4n) is 2.25. The lowest BCUT2D eigenvalue weighted by atomic mass is 10.1. The van der Waals surface area contributed by atoms with Crippen molar-refractivity contribution in [2.24, 2.45) is 0 Å². The summed E-state index contributed by atoms with van der Waals surface area (Å²) in [5.74, 6) is 0.867. The van der Waals surface area contributed by atoms with Gasteiger partial charge in [0.2, 0.25) is 0 Å². The van der Waals surface area contributed by atoms with Crippen LogP contribution >= 0.6 is 0 Å². The van der Waals surface area contributed by atoms with Crippen LogP contribution in [-0.4, -0.2) is 5.11 Å². The first-order chi connectivity index (χ1) is 11.3. The molecule has 0 fully saturated rings. The van der Waals surface area contributed by atoms with Crippen LogP contribution in [0.3, 0.4) is 0 Å². The van der Waals surface area contributed by atoms with Crippen molar-refractivity contribution in [3.8, 4) is 11.5 Å². The van der Waals surface area contributed by atoms with Crippen molar-refractivity contribution < 1.29 is 9.84 Å². The minimum atomic E-state index is 0.211. The first-order valence-corrected chi connectivity index (χ1v) is 7.54. The van der Waals surface area contributed by atoms with Crippen LogP contribution in [0.2, 0.25) is 0 Å². The lowest BCUT2D eigenvalue weighted by Gasteiger charge is -2.08. The molecule has 0 atom stereocenters. The molecule has 23 heavy (non-hydrogen) atoms. The van der Waals surface area contributed by atoms with Crippen molar-refractivity contribution in [2.45, 2.75) is 6.61 Å². The Labute approximate surface area is 136 Å². The Bertz CT molecular complexity index is 777. The van der Waals surface area contributed by atoms with E-state index >= 15 is 0 Å². The minimum absolute atomic E-state index is 0.211. The smallest absolute Gasteiger partial charge is 0.126 e. The molecule has 0 aromatic heterocycles. The van der Waals surface area contributed by atoms with E-state index in [9.17, 15) is 5.11 Å². The van der Waals surface area contributed by atoms with E-state index in [1.165, 1.54) is 0 Å². The molecule has 0 bridgehead atoms. The second-order valence-corrected chi connectivity index (χ2v) is 5.24. The SMILES string of the molecule is Oc1cc(OCc2ccccc2)ccc1C=Cc1ccccc1. The normalized spacial score (nSPS) is 10.8. The van der Waals surface area contributed by atoms with Gasteiger partial charge in [-0.15, -0.1) is 0 Å². The quantitative estimate of drug-likeness (QED) is 0.661. The first kappa shape index (κ1) is 14.9. The predicted molar refractivity (Wildman–Crippen MR) is 94.3 cm³/mol. The van der Waals surface area contributed by atoms with Crippen molar-refractivity contribution in [1.29, 1.82) is 0 Å². The number of rotatable bonds is 5. The molecule has 0 radical (unpaired) electrons. The molecule has 2 heteroatoms. The molecular formula is C21H18O2. The van der Waals surface area contributed by atoms with Crippen LogP contribution in [0.1, 0.15) is 16.7 Å². The summed E-state index contributed by atoms with van der Waals surface area (Å²) in [5, 5.41) is 10.1. The van der Waals surface area contributed by atoms with Gasteiger partial charge < -0.3 is 9.84 Å². The van der Waals surface area contributed by atoms with Crippen LogP contribution in [0.5, 0.6) is 11.5 Å². The summed E-state index contributed by atoms with van der Waals surface area (Å²) < 4.78 is 5.71. The number of hydrogen-bond donors (Lipinski definition) is 1. The third-order valence-electron chi connectivity index (χ3n) is 3.51. The zero-order valence-corrected chi connectivity index (χ0v) is 12.7. The first-order valence-electron chi connectivity index (χ1n) is 7.54. The van der Waals surface area contributed by atoms with E-state index in [0.29, 0.717) is 12.4 Å². The minimum Gasteiger partial charge on any atom is -0.507 e. The molecule has 2 nitrogen and oxygen atoms in total. The highest BCUT2D eigenvalue weighted by molar-refractivity contribution is 5.72. The maximum Gasteiger partial charge on any atom is 0.126 e. The summed E-state index contributed by atoms with van der Waals surface area (Å²) in [4.78, 5) is 0. The van der Waals surface area contributed by atoms with Crippen LogP contribution in [0.25, 0.3) is 12.2 Å². The Morgan fingerprint density at radius 2 is 1.48 bits per heavy atom. The van der Waals surface area contributed by atoms with Crippen molar-refractivity contribution >= 4 is 12.2 Å². The number of aromatic hydroxyl groups is 1. The standard InChI is InChI=1S/C21H18O2/c22-21-15-20(23-16-18-9-5-2-6-10-18)14-13-19(21)12-11-17-7-3-1-4-8-17/h1-15,22H,16H2. The van der Waals surface area contributed by atoms with E-state index in [1.54, 1.807) is 6.07 Å². The molecule has 0 aliphatic carbocycles. The van der Waals surface area contributed by atoms with Crippen LogP contribution in [-0.2, 0) is 6.61 Å². The lowest BCUT2D eigenvalue weighted by molar-refractivity contribution is 0.304. The van der Waals surface area contributed by atoms with Gasteiger partial charge in [0.25, 0.3) is 0 Å². The molecular weight excluding hydrogens is 284 g/mol. The third kappa shape index (κ3) is 4.24. The van der Waals surface area contributed by atoms with Gasteiger partial charge in [-0.25, -0.2) is 0 Å². The van der Waals surface area contributed by atoms with Gasteiger partial charge in [-0.05, 0) is 23.3 Å². The fourth-order valence-corrected chi connectivity index (χ4v) is 2.25. The second kappa shape index (κ2) is 7.32. The molecule has 3 aromatic rings. The topological polar surface area (TPSA) is 29.5 Å². The van der Waals surface area contributed by atoms with E-state index in [2.05, 4.69) is 0 Å². The molecule has 0 heterocycles. The Kier molecular flexibility index (Phi) is 4.75. The molecule has 0 aliphatic rings. The van der Waals surface area contributed by atoms with Gasteiger partial charge in [0.15, 0.2) is 0 Å². The highest BCUT2D eigenvalue weighted by Gasteiger charge is 2.01. The van der Waals surface area contributed by atoms with Crippen molar-refractivity contribution in [3.05, 3.63) is 95.6 Å². The Morgan fingerprint density at radius 3 is 2.17 bits per heavy atom. The summed E-state index contributed by atoms with van der Waals surface area (Å²) in [5.41, 5.74) is 2.96. The average Bonchev–Trinajstić information content (AvgIpc) is 2.61. The largest absolute Gasteiger partial charge is 0.507 e. The van der Waals surface area contributed by atoms with Gasteiger partial charge in [0.1, 0.15) is 18.1 Å². The monoisotopic (exact) mass is 302 g/mol. The van der Waals surface area contributed by atoms with Gasteiger partial charge in [-0.3, -0.25) is 0 Å². The summed E-state index contributed by atoms with van der Waals surface area (Å²) in [7, 11) is 0. The highest BCUT2D eigenvalue weighted by Crippen LogP contribution is 2.26. The molecule has 0 spiro atoms. The highest BCUT2D eigenvalue weighted by atomic mass is 16.5. The van der Waals surface area contributed by atoms with Crippen molar-refractivity contribution in [2.75, 3.05) is 0 Å². The number of ether oxygens (including phenoxy) is 1. The van der Waals surface area contributed by atoms with Gasteiger partial charge >= 0.3 is 0 Å². The van der Waals surface area contributed by atoms with Crippen LogP contribution < -0.4 is 4.74 Å². The van der Waals surface area contributed by atoms with E-state index < -0.39 is 0 Å². The molecule has 1 N–H and O–H groups in total. The van der Waals surface area contributed by atoms with Crippen LogP contribution in [0, 0.1) is 0 Å². The fraction of sp³-hybridized carbons (Fsp3) is 0.0476. The maximum absolute atomic E-state index is 10.1. The predicted octanol–water partition coefficient (Wildman–Crippen LogP) is 5.14. The zero-order chi connectivity index (χ0) is 15.9. The zero-order valence-electron chi connectivity index (χ0n) is 12.7. The molecule has 0 amide bonds. The van der Waals surface area contributed by atoms with Gasteiger partial charge in [0, 0.05) is 11.6 Å². The number of hydrogen-bond acceptors (Lipinski definition) is 2. The molecule has 0 aliphatic heterocycles. The van der Waals surface area contributed by atoms with E-state index in [-0.39, 0.29) is 5.75 Å². The molecule has 0 saturated heterocycles. The summed E-state index contributed by atoms with van der Waals surface area (Å²) >= 11 is 0. The number of phenols is 1. The average molecular weight is 302 g/mol. The van der Waals surface area contributed by atoms with Gasteiger partial charge in [0.05, 0.1) is 0 Å². The summed E-state index contributed by atoms with van der Waals surface area (Å²) in [6.45, 7) is 0.486. The molecule has 3 rings (SSSR count). The Balaban J connectivity index is 1.67. The number of phenolic OH excluding ortho intramolecular Hbond substituents is 1.